The van der Waals surface area contributed by atoms with Gasteiger partial charge in [-0.3, -0.25) is 14.4 Å². The fourth-order valence-corrected chi connectivity index (χ4v) is 1.63. The van der Waals surface area contributed by atoms with Gasteiger partial charge in [0.2, 0.25) is 0 Å². The van der Waals surface area contributed by atoms with Crippen LogP contribution in [0.15, 0.2) is 24.3 Å². The first kappa shape index (κ1) is 13.7. The van der Waals surface area contributed by atoms with Crippen molar-refractivity contribution >= 4 is 24.1 Å². The highest BCUT2D eigenvalue weighted by molar-refractivity contribution is 6.01. The van der Waals surface area contributed by atoms with Crippen LogP contribution in [0.25, 0.3) is 0 Å². The lowest BCUT2D eigenvalue weighted by molar-refractivity contribution is -0.198. The van der Waals surface area contributed by atoms with Gasteiger partial charge in [-0.15, -0.1) is 5.06 Å². The third-order valence-electron chi connectivity index (χ3n) is 2.59. The zero-order valence-corrected chi connectivity index (χ0v) is 10.4. The number of amides is 2. The molecule has 1 aromatic carbocycles. The first-order valence-corrected chi connectivity index (χ1v) is 5.85. The van der Waals surface area contributed by atoms with Gasteiger partial charge in [-0.2, -0.15) is 0 Å². The third-order valence-corrected chi connectivity index (χ3v) is 2.59. The van der Waals surface area contributed by atoms with E-state index in [1.54, 1.807) is 12.1 Å². The first-order valence-electron chi connectivity index (χ1n) is 5.85. The quantitative estimate of drug-likeness (QED) is 0.574. The van der Waals surface area contributed by atoms with E-state index in [4.69, 9.17) is 4.74 Å². The van der Waals surface area contributed by atoms with Crippen molar-refractivity contribution in [2.24, 2.45) is 0 Å². The topological polar surface area (TPSA) is 90.0 Å². The van der Waals surface area contributed by atoms with Crippen molar-refractivity contribution in [3.63, 3.8) is 0 Å². The normalized spacial score (nSPS) is 14.3. The molecule has 104 valence electrons. The first-order chi connectivity index (χ1) is 9.61. The molecular formula is C13H11NO6. The molecular weight excluding hydrogens is 266 g/mol. The van der Waals surface area contributed by atoms with Gasteiger partial charge < -0.3 is 9.57 Å². The van der Waals surface area contributed by atoms with Crippen LogP contribution >= 0.6 is 0 Å². The molecule has 0 aliphatic carbocycles. The molecule has 0 unspecified atom stereocenters. The highest BCUT2D eigenvalue weighted by atomic mass is 16.7. The van der Waals surface area contributed by atoms with Crippen LogP contribution in [0, 0.1) is 0 Å². The summed E-state index contributed by atoms with van der Waals surface area (Å²) in [4.78, 5) is 49.3. The second-order valence-electron chi connectivity index (χ2n) is 3.99. The van der Waals surface area contributed by atoms with Crippen LogP contribution in [0.4, 0.5) is 0 Å². The number of benzene rings is 1. The van der Waals surface area contributed by atoms with Gasteiger partial charge in [0.25, 0.3) is 11.8 Å². The van der Waals surface area contributed by atoms with Crippen LogP contribution < -0.4 is 4.74 Å². The summed E-state index contributed by atoms with van der Waals surface area (Å²) in [6.45, 7) is -0.512. The van der Waals surface area contributed by atoms with Crippen LogP contribution in [-0.2, 0) is 19.2 Å². The molecule has 0 atom stereocenters. The average molecular weight is 277 g/mol. The largest absolute Gasteiger partial charge is 0.481 e. The van der Waals surface area contributed by atoms with Gasteiger partial charge in [-0.1, -0.05) is 12.1 Å². The van der Waals surface area contributed by atoms with E-state index in [1.807, 2.05) is 0 Å². The number of rotatable bonds is 5. The van der Waals surface area contributed by atoms with Crippen LogP contribution in [-0.4, -0.2) is 35.7 Å². The van der Waals surface area contributed by atoms with Gasteiger partial charge >= 0.3 is 5.97 Å². The zero-order valence-electron chi connectivity index (χ0n) is 10.4. The Labute approximate surface area is 114 Å². The number of para-hydroxylation sites is 1. The van der Waals surface area contributed by atoms with Crippen LogP contribution in [0.3, 0.4) is 0 Å². The molecule has 0 bridgehead atoms. The molecule has 0 N–H and O–H groups in total. The van der Waals surface area contributed by atoms with E-state index in [1.165, 1.54) is 12.1 Å². The number of ether oxygens (including phenoxy) is 1. The minimum absolute atomic E-state index is 0.0287. The Morgan fingerprint density at radius 1 is 1.20 bits per heavy atom. The van der Waals surface area contributed by atoms with Crippen molar-refractivity contribution in [1.29, 1.82) is 0 Å². The summed E-state index contributed by atoms with van der Waals surface area (Å²) in [6, 6.07) is 6.34. The fourth-order valence-electron chi connectivity index (χ4n) is 1.63. The van der Waals surface area contributed by atoms with E-state index >= 15 is 0 Å². The highest BCUT2D eigenvalue weighted by Gasteiger charge is 2.32. The van der Waals surface area contributed by atoms with Gasteiger partial charge in [0.05, 0.1) is 5.56 Å². The Morgan fingerprint density at radius 2 is 1.85 bits per heavy atom. The second-order valence-corrected chi connectivity index (χ2v) is 3.99. The van der Waals surface area contributed by atoms with Crippen molar-refractivity contribution < 1.29 is 28.8 Å². The Kier molecular flexibility index (Phi) is 4.09. The Hall–Kier alpha value is -2.70. The minimum Gasteiger partial charge on any atom is -0.481 e. The molecule has 2 rings (SSSR count). The van der Waals surface area contributed by atoms with Gasteiger partial charge in [0.15, 0.2) is 12.9 Å². The number of aldehydes is 1. The molecule has 2 amide bonds. The molecule has 0 aromatic heterocycles. The fraction of sp³-hybridized carbons (Fsp3) is 0.231. The highest BCUT2D eigenvalue weighted by Crippen LogP contribution is 2.16. The average Bonchev–Trinajstić information content (AvgIpc) is 2.77. The van der Waals surface area contributed by atoms with E-state index in [-0.39, 0.29) is 24.2 Å². The minimum atomic E-state index is -0.894. The van der Waals surface area contributed by atoms with Crippen LogP contribution in [0.5, 0.6) is 5.75 Å². The molecule has 1 aromatic rings. The molecule has 1 aliphatic heterocycles. The molecule has 1 aliphatic rings. The molecule has 1 fully saturated rings. The number of carbonyl (C=O) groups is 4. The Bertz CT molecular complexity index is 552. The third kappa shape index (κ3) is 3.00. The summed E-state index contributed by atoms with van der Waals surface area (Å²) in [6.07, 6.45) is 0.649. The lowest BCUT2D eigenvalue weighted by atomic mass is 10.2. The van der Waals surface area contributed by atoms with Crippen molar-refractivity contribution in [2.45, 2.75) is 12.8 Å². The number of hydroxylamine groups is 2. The predicted molar refractivity (Wildman–Crippen MR) is 64.5 cm³/mol. The maximum atomic E-state index is 11.5. The monoisotopic (exact) mass is 277 g/mol. The van der Waals surface area contributed by atoms with Crippen molar-refractivity contribution in [2.75, 3.05) is 6.61 Å². The summed E-state index contributed by atoms with van der Waals surface area (Å²) in [5, 5.41) is 0.442. The lowest BCUT2D eigenvalue weighted by Crippen LogP contribution is -2.34. The molecule has 0 radical (unpaired) electrons. The Balaban J connectivity index is 1.91. The number of hydrogen-bond donors (Lipinski definition) is 0. The molecule has 0 saturated carbocycles. The summed E-state index contributed by atoms with van der Waals surface area (Å²) in [5.41, 5.74) is 0.286. The standard InChI is InChI=1S/C13H11NO6/c15-7-9-3-1-2-4-10(9)19-8-13(18)20-14-11(16)5-6-12(14)17/h1-4,7H,5-6,8H2. The molecule has 1 heterocycles. The number of hydrogen-bond acceptors (Lipinski definition) is 6. The van der Waals surface area contributed by atoms with E-state index < -0.39 is 24.4 Å². The van der Waals surface area contributed by atoms with E-state index in [0.717, 1.165) is 0 Å². The number of nitrogens with zero attached hydrogens (tertiary/aromatic N) is 1. The van der Waals surface area contributed by atoms with Crippen LogP contribution in [0.2, 0.25) is 0 Å². The summed E-state index contributed by atoms with van der Waals surface area (Å²) in [7, 11) is 0. The van der Waals surface area contributed by atoms with Crippen molar-refractivity contribution in [3.05, 3.63) is 29.8 Å². The summed E-state index contributed by atoms with van der Waals surface area (Å²) in [5.74, 6) is -1.79. The van der Waals surface area contributed by atoms with Crippen molar-refractivity contribution in [1.82, 2.24) is 5.06 Å². The maximum Gasteiger partial charge on any atom is 0.370 e. The second kappa shape index (κ2) is 5.96. The molecule has 0 spiro atoms. The number of carbonyl (C=O) groups excluding carboxylic acids is 4. The SMILES string of the molecule is O=Cc1ccccc1OCC(=O)ON1C(=O)CCC1=O. The maximum absolute atomic E-state index is 11.5. The summed E-state index contributed by atoms with van der Waals surface area (Å²) < 4.78 is 5.12. The lowest BCUT2D eigenvalue weighted by Gasteiger charge is -2.13. The van der Waals surface area contributed by atoms with E-state index in [9.17, 15) is 19.2 Å². The van der Waals surface area contributed by atoms with Crippen LogP contribution in [0.1, 0.15) is 23.2 Å². The molecule has 1 saturated heterocycles. The Morgan fingerprint density at radius 3 is 2.50 bits per heavy atom. The summed E-state index contributed by atoms with van der Waals surface area (Å²) >= 11 is 0. The predicted octanol–water partition coefficient (Wildman–Crippen LogP) is 0.485. The van der Waals surface area contributed by atoms with E-state index in [0.29, 0.717) is 11.3 Å². The van der Waals surface area contributed by atoms with Gasteiger partial charge in [0.1, 0.15) is 5.75 Å². The number of imide groups is 1. The van der Waals surface area contributed by atoms with Crippen molar-refractivity contribution in [3.8, 4) is 5.75 Å². The van der Waals surface area contributed by atoms with Gasteiger partial charge in [-0.05, 0) is 12.1 Å². The smallest absolute Gasteiger partial charge is 0.370 e. The van der Waals surface area contributed by atoms with Gasteiger partial charge in [-0.25, -0.2) is 4.79 Å². The van der Waals surface area contributed by atoms with Gasteiger partial charge in [0, 0.05) is 12.8 Å². The van der Waals surface area contributed by atoms with E-state index in [2.05, 4.69) is 4.84 Å². The molecule has 20 heavy (non-hydrogen) atoms. The molecule has 7 heteroatoms. The molecule has 7 nitrogen and oxygen atoms in total. The zero-order chi connectivity index (χ0) is 14.5.